The molecule has 4 aromatic rings. The number of para-hydroxylation sites is 2. The largest absolute Gasteiger partial charge is 0.468 e. The van der Waals surface area contributed by atoms with Crippen molar-refractivity contribution in [3.8, 4) is 11.5 Å². The highest BCUT2D eigenvalue weighted by atomic mass is 35.5. The number of anilines is 1. The third kappa shape index (κ3) is 11.7. The van der Waals surface area contributed by atoms with E-state index in [0.29, 0.717) is 5.75 Å². The topological polar surface area (TPSA) is 209 Å². The molecule has 2 amide bonds. The van der Waals surface area contributed by atoms with E-state index < -0.39 is 63.3 Å². The number of halogens is 2. The summed E-state index contributed by atoms with van der Waals surface area (Å²) in [6.45, 7) is 6.57. The van der Waals surface area contributed by atoms with Crippen molar-refractivity contribution in [1.82, 2.24) is 29.7 Å². The van der Waals surface area contributed by atoms with Gasteiger partial charge in [-0.3, -0.25) is 19.2 Å². The van der Waals surface area contributed by atoms with Crippen LogP contribution in [0.1, 0.15) is 61.4 Å². The fourth-order valence-electron chi connectivity index (χ4n) is 5.83. The van der Waals surface area contributed by atoms with E-state index in [4.69, 9.17) is 41.7 Å². The maximum Gasteiger partial charge on any atom is 0.440 e. The molecule has 2 unspecified atom stereocenters. The normalized spacial score (nSPS) is 16.5. The zero-order valence-corrected chi connectivity index (χ0v) is 36.1. The molecule has 21 heteroatoms. The highest BCUT2D eigenvalue weighted by Gasteiger charge is 2.40. The van der Waals surface area contributed by atoms with E-state index in [1.54, 1.807) is 73.1 Å². The average molecular weight is 893 g/mol. The third-order valence-corrected chi connectivity index (χ3v) is 13.6. The molecule has 4 N–H and O–H groups in total. The van der Waals surface area contributed by atoms with Gasteiger partial charge >= 0.3 is 27.3 Å². The van der Waals surface area contributed by atoms with Gasteiger partial charge in [0.2, 0.25) is 0 Å². The maximum absolute atomic E-state index is 14.8. The van der Waals surface area contributed by atoms with E-state index in [0.717, 1.165) is 10.6 Å². The molecule has 316 valence electrons. The number of carbonyl (C=O) groups is 4. The van der Waals surface area contributed by atoms with Gasteiger partial charge < -0.3 is 29.2 Å². The molecule has 1 aromatic heterocycles. The van der Waals surface area contributed by atoms with Crippen LogP contribution in [0.25, 0.3) is 0 Å². The molecule has 0 spiro atoms. The van der Waals surface area contributed by atoms with Gasteiger partial charge in [-0.2, -0.15) is 9.55 Å². The summed E-state index contributed by atoms with van der Waals surface area (Å²) >= 11 is 12.7. The van der Waals surface area contributed by atoms with Crippen molar-refractivity contribution in [2.75, 3.05) is 25.5 Å². The van der Waals surface area contributed by atoms with Gasteiger partial charge in [0.05, 0.1) is 40.7 Å². The van der Waals surface area contributed by atoms with Gasteiger partial charge in [0, 0.05) is 19.1 Å². The summed E-state index contributed by atoms with van der Waals surface area (Å²) in [5.41, 5.74) is -0.656. The molecule has 1 fully saturated rings. The predicted molar refractivity (Wildman–Crippen MR) is 222 cm³/mol. The van der Waals surface area contributed by atoms with Crippen LogP contribution in [-0.4, -0.2) is 82.4 Å². The van der Waals surface area contributed by atoms with Crippen LogP contribution >= 0.6 is 38.5 Å². The summed E-state index contributed by atoms with van der Waals surface area (Å²) < 4.78 is 53.7. The lowest BCUT2D eigenvalue weighted by Gasteiger charge is -2.37. The summed E-state index contributed by atoms with van der Waals surface area (Å²) in [5.74, 6) is -2.49. The quantitative estimate of drug-likeness (QED) is 0.0626. The number of piperidine rings is 1. The van der Waals surface area contributed by atoms with Gasteiger partial charge in [-0.05, 0) is 76.9 Å². The van der Waals surface area contributed by atoms with Crippen LogP contribution in [0.2, 0.25) is 10.0 Å². The first-order valence-electron chi connectivity index (χ1n) is 18.5. The van der Waals surface area contributed by atoms with Crippen molar-refractivity contribution in [2.24, 2.45) is 0 Å². The monoisotopic (exact) mass is 891 g/mol. The molecule has 5 rings (SSSR count). The van der Waals surface area contributed by atoms with Gasteiger partial charge in [0.15, 0.2) is 5.69 Å². The van der Waals surface area contributed by atoms with Crippen LogP contribution in [0, 0.1) is 0 Å². The summed E-state index contributed by atoms with van der Waals surface area (Å²) in [6, 6.07) is 18.4. The van der Waals surface area contributed by atoms with Crippen molar-refractivity contribution >= 4 is 68.0 Å². The fraction of sp³-hybridized carbons (Fsp3) is 0.342. The number of nitrogens with one attached hydrogen (secondary N) is 4. The van der Waals surface area contributed by atoms with Gasteiger partial charge in [-0.25, -0.2) is 24.0 Å². The molecule has 0 radical (unpaired) electrons. The van der Waals surface area contributed by atoms with Crippen molar-refractivity contribution < 1.29 is 46.8 Å². The number of rotatable bonds is 17. The molecule has 59 heavy (non-hydrogen) atoms. The Labute approximate surface area is 351 Å². The molecule has 1 saturated heterocycles. The van der Waals surface area contributed by atoms with Crippen molar-refractivity contribution in [1.29, 1.82) is 0 Å². The molecular formula is C38H45Cl2N7O10P2. The lowest BCUT2D eigenvalue weighted by Crippen LogP contribution is -2.47. The first kappa shape index (κ1) is 45.4. The zero-order valence-electron chi connectivity index (χ0n) is 32.8. The third-order valence-electron chi connectivity index (χ3n) is 8.72. The van der Waals surface area contributed by atoms with E-state index in [2.05, 4.69) is 25.9 Å². The van der Waals surface area contributed by atoms with Crippen LogP contribution in [0.4, 0.5) is 5.69 Å². The van der Waals surface area contributed by atoms with E-state index >= 15 is 0 Å². The van der Waals surface area contributed by atoms with Crippen molar-refractivity contribution in [3.63, 3.8) is 0 Å². The molecule has 3 aromatic carbocycles. The smallest absolute Gasteiger partial charge is 0.440 e. The zero-order chi connectivity index (χ0) is 42.9. The molecule has 0 saturated carbocycles. The Bertz CT molecular complexity index is 2200. The highest BCUT2D eigenvalue weighted by Crippen LogP contribution is 2.49. The minimum absolute atomic E-state index is 0.0291. The predicted octanol–water partition coefficient (Wildman–Crippen LogP) is 6.94. The van der Waals surface area contributed by atoms with Crippen molar-refractivity contribution in [2.45, 2.75) is 64.8 Å². The number of carbonyl (C=O) groups excluding carboxylic acids is 4. The van der Waals surface area contributed by atoms with Crippen LogP contribution in [0.15, 0.2) is 85.1 Å². The molecule has 2 heterocycles. The SMILES string of the molecule is COC(=O)[C@H](C)NP(=O)(Oc1ccccc1)N1CCC(NC(=O)c2nn(P(=O)(N[C@@H](C)C(=O)OC(C)C)Oc3ccccc3)cc2NC(=O)c2c(Cl)cccc2Cl)CC1. The number of esters is 2. The second-order valence-electron chi connectivity index (χ2n) is 13.6. The van der Waals surface area contributed by atoms with E-state index in [-0.39, 0.29) is 58.7 Å². The Morgan fingerprint density at radius 2 is 1.27 bits per heavy atom. The summed E-state index contributed by atoms with van der Waals surface area (Å²) in [7, 11) is -7.14. The Morgan fingerprint density at radius 1 is 0.746 bits per heavy atom. The van der Waals surface area contributed by atoms with Gasteiger partial charge in [-0.15, -0.1) is 0 Å². The first-order valence-corrected chi connectivity index (χ1v) is 22.4. The highest BCUT2D eigenvalue weighted by molar-refractivity contribution is 7.55. The lowest BCUT2D eigenvalue weighted by molar-refractivity contribution is -0.149. The van der Waals surface area contributed by atoms with E-state index in [1.807, 2.05) is 0 Å². The van der Waals surface area contributed by atoms with Crippen LogP contribution in [0.5, 0.6) is 11.5 Å². The first-order chi connectivity index (χ1) is 28.0. The number of benzene rings is 3. The number of ether oxygens (including phenoxy) is 2. The van der Waals surface area contributed by atoms with Crippen LogP contribution in [0.3, 0.4) is 0 Å². The molecule has 1 aliphatic heterocycles. The molecule has 1 aliphatic rings. The summed E-state index contributed by atoms with van der Waals surface area (Å²) in [5, 5.41) is 15.4. The average Bonchev–Trinajstić information content (AvgIpc) is 3.63. The summed E-state index contributed by atoms with van der Waals surface area (Å²) in [4.78, 5) is 52.9. The second-order valence-corrected chi connectivity index (χ2v) is 18.4. The molecule has 17 nitrogen and oxygen atoms in total. The molecule has 0 aliphatic carbocycles. The van der Waals surface area contributed by atoms with Gasteiger partial charge in [0.1, 0.15) is 23.6 Å². The molecule has 0 bridgehead atoms. The Morgan fingerprint density at radius 3 is 1.81 bits per heavy atom. The van der Waals surface area contributed by atoms with Crippen molar-refractivity contribution in [3.05, 3.63) is 106 Å². The van der Waals surface area contributed by atoms with Crippen LogP contribution < -0.4 is 29.9 Å². The van der Waals surface area contributed by atoms with Crippen LogP contribution in [-0.2, 0) is 28.2 Å². The minimum atomic E-state index is -4.47. The summed E-state index contributed by atoms with van der Waals surface area (Å²) in [6.07, 6.45) is 1.19. The number of hydrogen-bond donors (Lipinski definition) is 4. The number of nitrogens with zero attached hydrogens (tertiary/aromatic N) is 3. The Balaban J connectivity index is 1.44. The minimum Gasteiger partial charge on any atom is -0.468 e. The Hall–Kier alpha value is -4.73. The second kappa shape index (κ2) is 20.0. The van der Waals surface area contributed by atoms with E-state index in [1.165, 1.54) is 45.2 Å². The van der Waals surface area contributed by atoms with Gasteiger partial charge in [0.25, 0.3) is 11.8 Å². The molecular weight excluding hydrogens is 847 g/mol. The molecule has 4 atom stereocenters. The standard InChI is InChI=1S/C38H45Cl2N7O10P2/c1-24(2)55-38(51)26(4)45-59(53,57-29-15-10-7-11-16-29)47-23-32(42-35(48)33-30(39)17-12-18-31(33)40)34(43-47)36(49)41-27-19-21-46(22-20-27)58(52,44-25(3)37(50)54-5)56-28-13-8-6-9-14-28/h6-18,23-27H,19-22H2,1-5H3,(H,41,49)(H,42,48)(H,44,52)(H,45,53)/t25-,26-,58?,59?/m0/s1. The number of methoxy groups -OCH3 is 1. The maximum atomic E-state index is 14.8. The number of aromatic nitrogens is 2. The number of amides is 2. The fourth-order valence-corrected chi connectivity index (χ4v) is 10.2. The number of hydrogen-bond acceptors (Lipinski definition) is 11. The van der Waals surface area contributed by atoms with E-state index in [9.17, 15) is 28.3 Å². The lowest BCUT2D eigenvalue weighted by atomic mass is 10.1. The van der Waals surface area contributed by atoms with Gasteiger partial charge in [-0.1, -0.05) is 65.7 Å². The Kier molecular flexibility index (Phi) is 15.4.